The van der Waals surface area contributed by atoms with Crippen molar-refractivity contribution < 1.29 is 9.59 Å². The zero-order valence-corrected chi connectivity index (χ0v) is 18.4. The van der Waals surface area contributed by atoms with Gasteiger partial charge in [-0.15, -0.1) is 0 Å². The monoisotopic (exact) mass is 394 g/mol. The molecule has 0 unspecified atom stereocenters. The molecule has 156 valence electrons. The van der Waals surface area contributed by atoms with Gasteiger partial charge in [0.2, 0.25) is 11.8 Å². The number of carbonyl (C=O) groups excluding carboxylic acids is 2. The fraction of sp³-hybridized carbons (Fsp3) is 0.440. The van der Waals surface area contributed by atoms with Gasteiger partial charge in [0.25, 0.3) is 0 Å². The lowest BCUT2D eigenvalue weighted by Crippen LogP contribution is -2.50. The van der Waals surface area contributed by atoms with Gasteiger partial charge < -0.3 is 10.2 Å². The number of hydrogen-bond donors (Lipinski definition) is 1. The lowest BCUT2D eigenvalue weighted by molar-refractivity contribution is -0.141. The molecule has 0 aliphatic carbocycles. The molecule has 0 aromatic heterocycles. The van der Waals surface area contributed by atoms with Crippen LogP contribution in [0.15, 0.2) is 48.5 Å². The first-order chi connectivity index (χ1) is 13.8. The van der Waals surface area contributed by atoms with Crippen LogP contribution in [0.5, 0.6) is 0 Å². The molecule has 1 N–H and O–H groups in total. The first kappa shape index (κ1) is 22.7. The Morgan fingerprint density at radius 3 is 1.90 bits per heavy atom. The first-order valence-electron chi connectivity index (χ1n) is 10.5. The predicted octanol–water partition coefficient (Wildman–Crippen LogP) is 4.43. The maximum Gasteiger partial charge on any atom is 0.242 e. The van der Waals surface area contributed by atoms with E-state index in [2.05, 4.69) is 19.2 Å². The van der Waals surface area contributed by atoms with E-state index in [9.17, 15) is 9.59 Å². The molecule has 0 aliphatic rings. The summed E-state index contributed by atoms with van der Waals surface area (Å²) in [6.45, 7) is 11.2. The highest BCUT2D eigenvalue weighted by molar-refractivity contribution is 5.88. The minimum atomic E-state index is -0.479. The van der Waals surface area contributed by atoms with Crippen LogP contribution in [0.1, 0.15) is 49.4 Å². The number of aryl methyl sites for hydroxylation is 2. The molecule has 0 saturated carbocycles. The highest BCUT2D eigenvalue weighted by Crippen LogP contribution is 2.16. The van der Waals surface area contributed by atoms with Crippen molar-refractivity contribution in [3.8, 4) is 0 Å². The topological polar surface area (TPSA) is 49.4 Å². The Balaban J connectivity index is 2.24. The highest BCUT2D eigenvalue weighted by Gasteiger charge is 2.28. The number of nitrogens with zero attached hydrogens (tertiary/aromatic N) is 1. The van der Waals surface area contributed by atoms with Gasteiger partial charge in [0.15, 0.2) is 0 Å². The van der Waals surface area contributed by atoms with E-state index in [4.69, 9.17) is 0 Å². The van der Waals surface area contributed by atoms with E-state index < -0.39 is 6.04 Å². The fourth-order valence-electron chi connectivity index (χ4n) is 3.21. The SMILES string of the molecule is CC[C@@H](C(=O)NCC(C)C)N(Cc1ccc(C)cc1)C(=O)Cc1ccc(C)cc1. The van der Waals surface area contributed by atoms with Crippen molar-refractivity contribution in [1.82, 2.24) is 10.2 Å². The second-order valence-corrected chi connectivity index (χ2v) is 8.23. The van der Waals surface area contributed by atoms with Crippen molar-refractivity contribution >= 4 is 11.8 Å². The third-order valence-electron chi connectivity index (χ3n) is 5.02. The number of benzene rings is 2. The van der Waals surface area contributed by atoms with Crippen LogP contribution in [0.25, 0.3) is 0 Å². The molecule has 0 radical (unpaired) electrons. The summed E-state index contributed by atoms with van der Waals surface area (Å²) in [5, 5.41) is 3.00. The van der Waals surface area contributed by atoms with Crippen LogP contribution in [0, 0.1) is 19.8 Å². The number of hydrogen-bond acceptors (Lipinski definition) is 2. The van der Waals surface area contributed by atoms with Gasteiger partial charge in [-0.1, -0.05) is 80.4 Å². The first-order valence-corrected chi connectivity index (χ1v) is 10.5. The molecule has 0 saturated heterocycles. The molecule has 4 heteroatoms. The lowest BCUT2D eigenvalue weighted by Gasteiger charge is -2.31. The third-order valence-corrected chi connectivity index (χ3v) is 5.02. The molecular weight excluding hydrogens is 360 g/mol. The summed E-state index contributed by atoms with van der Waals surface area (Å²) < 4.78 is 0. The second-order valence-electron chi connectivity index (χ2n) is 8.23. The molecule has 0 fully saturated rings. The summed E-state index contributed by atoms with van der Waals surface area (Å²) in [4.78, 5) is 27.9. The number of amides is 2. The average Bonchev–Trinajstić information content (AvgIpc) is 2.69. The van der Waals surface area contributed by atoms with Crippen molar-refractivity contribution in [1.29, 1.82) is 0 Å². The molecule has 0 bridgehead atoms. The Kier molecular flexibility index (Phi) is 8.44. The largest absolute Gasteiger partial charge is 0.354 e. The number of carbonyl (C=O) groups is 2. The minimum absolute atomic E-state index is 0.0269. The highest BCUT2D eigenvalue weighted by atomic mass is 16.2. The molecule has 0 heterocycles. The molecule has 1 atom stereocenters. The summed E-state index contributed by atoms with van der Waals surface area (Å²) in [7, 11) is 0. The van der Waals surface area contributed by atoms with Crippen molar-refractivity contribution in [3.05, 3.63) is 70.8 Å². The predicted molar refractivity (Wildman–Crippen MR) is 119 cm³/mol. The Labute approximate surface area is 175 Å². The maximum absolute atomic E-state index is 13.3. The number of nitrogens with one attached hydrogen (secondary N) is 1. The van der Waals surface area contributed by atoms with E-state index >= 15 is 0 Å². The summed E-state index contributed by atoms with van der Waals surface area (Å²) in [5.74, 6) is 0.261. The van der Waals surface area contributed by atoms with Crippen molar-refractivity contribution in [2.24, 2.45) is 5.92 Å². The van der Waals surface area contributed by atoms with E-state index in [-0.39, 0.29) is 11.8 Å². The molecule has 2 aromatic carbocycles. The quantitative estimate of drug-likeness (QED) is 0.684. The average molecular weight is 395 g/mol. The molecule has 29 heavy (non-hydrogen) atoms. The maximum atomic E-state index is 13.3. The van der Waals surface area contributed by atoms with Crippen LogP contribution in [0.3, 0.4) is 0 Å². The van der Waals surface area contributed by atoms with Crippen molar-refractivity contribution in [2.45, 2.75) is 60.0 Å². The van der Waals surface area contributed by atoms with Crippen molar-refractivity contribution in [2.75, 3.05) is 6.54 Å². The van der Waals surface area contributed by atoms with Gasteiger partial charge in [-0.25, -0.2) is 0 Å². The second kappa shape index (κ2) is 10.8. The van der Waals surface area contributed by atoms with Crippen LogP contribution >= 0.6 is 0 Å². The van der Waals surface area contributed by atoms with Crippen LogP contribution < -0.4 is 5.32 Å². The molecule has 0 spiro atoms. The van der Waals surface area contributed by atoms with Gasteiger partial charge in [-0.05, 0) is 37.3 Å². The van der Waals surface area contributed by atoms with Crippen LogP contribution in [-0.2, 0) is 22.6 Å². The Morgan fingerprint density at radius 2 is 1.41 bits per heavy atom. The van der Waals surface area contributed by atoms with Gasteiger partial charge in [-0.3, -0.25) is 9.59 Å². The van der Waals surface area contributed by atoms with E-state index in [0.717, 1.165) is 16.7 Å². The van der Waals surface area contributed by atoms with Gasteiger partial charge in [0.05, 0.1) is 6.42 Å². The zero-order valence-electron chi connectivity index (χ0n) is 18.4. The number of rotatable bonds is 9. The van der Waals surface area contributed by atoms with Gasteiger partial charge in [0, 0.05) is 13.1 Å². The van der Waals surface area contributed by atoms with Gasteiger partial charge in [0.1, 0.15) is 6.04 Å². The molecular formula is C25H34N2O2. The van der Waals surface area contributed by atoms with E-state index in [1.807, 2.05) is 69.3 Å². The van der Waals surface area contributed by atoms with E-state index in [1.165, 1.54) is 5.56 Å². The normalized spacial score (nSPS) is 11.9. The smallest absolute Gasteiger partial charge is 0.242 e. The molecule has 4 nitrogen and oxygen atoms in total. The summed E-state index contributed by atoms with van der Waals surface area (Å²) in [6, 6.07) is 15.6. The molecule has 0 aliphatic heterocycles. The Morgan fingerprint density at radius 1 is 0.897 bits per heavy atom. The standard InChI is InChI=1S/C25H34N2O2/c1-6-23(25(29)26-16-18(2)3)27(17-22-13-9-20(5)10-14-22)24(28)15-21-11-7-19(4)8-12-21/h7-14,18,23H,6,15-17H2,1-5H3,(H,26,29)/t23-/m0/s1. The van der Waals surface area contributed by atoms with Crippen molar-refractivity contribution in [3.63, 3.8) is 0 Å². The van der Waals surface area contributed by atoms with Crippen LogP contribution in [0.2, 0.25) is 0 Å². The minimum Gasteiger partial charge on any atom is -0.354 e. The Bertz CT molecular complexity index is 795. The van der Waals surface area contributed by atoms with Crippen LogP contribution in [0.4, 0.5) is 0 Å². The summed E-state index contributed by atoms with van der Waals surface area (Å²) in [5.41, 5.74) is 4.33. The van der Waals surface area contributed by atoms with E-state index in [1.54, 1.807) is 4.90 Å². The van der Waals surface area contributed by atoms with E-state index in [0.29, 0.717) is 31.8 Å². The molecule has 2 amide bonds. The van der Waals surface area contributed by atoms with Gasteiger partial charge in [-0.2, -0.15) is 0 Å². The van der Waals surface area contributed by atoms with Gasteiger partial charge >= 0.3 is 0 Å². The Hall–Kier alpha value is -2.62. The summed E-state index contributed by atoms with van der Waals surface area (Å²) in [6.07, 6.45) is 0.871. The molecule has 2 aromatic rings. The zero-order chi connectivity index (χ0) is 21.4. The van der Waals surface area contributed by atoms with Crippen LogP contribution in [-0.4, -0.2) is 29.3 Å². The lowest BCUT2D eigenvalue weighted by atomic mass is 10.0. The third kappa shape index (κ3) is 7.04. The fourth-order valence-corrected chi connectivity index (χ4v) is 3.21. The summed E-state index contributed by atoms with van der Waals surface area (Å²) >= 11 is 0. The molecule has 2 rings (SSSR count).